The Bertz CT molecular complexity index is 701. The fourth-order valence-corrected chi connectivity index (χ4v) is 2.42. The topological polar surface area (TPSA) is 54.2 Å². The molecular weight excluding hydrogens is 470 g/mol. The van der Waals surface area contributed by atoms with Crippen LogP contribution in [-0.4, -0.2) is 28.8 Å². The molecule has 0 aliphatic heterocycles. The van der Waals surface area contributed by atoms with Gasteiger partial charge in [0, 0.05) is 32.0 Å². The fourth-order valence-electron chi connectivity index (χ4n) is 2.42. The third-order valence-corrected chi connectivity index (χ3v) is 3.69. The standard InChI is InChI=1S/C18H24F3N5.HI/c1-3-22-17(23-11-14(2)13-26-9-5-8-25-26)24-12-15-6-4-7-16(10-15)18(19,20)21;/h4-10,14H,3,11-13H2,1-2H3,(H2,22,23,24);1H. The van der Waals surface area contributed by atoms with E-state index in [9.17, 15) is 13.2 Å². The van der Waals surface area contributed by atoms with Gasteiger partial charge in [-0.2, -0.15) is 18.3 Å². The minimum absolute atomic E-state index is 0. The Kier molecular flexibility index (Phi) is 9.61. The Morgan fingerprint density at radius 2 is 2.04 bits per heavy atom. The van der Waals surface area contributed by atoms with E-state index in [1.807, 2.05) is 23.9 Å². The first-order valence-corrected chi connectivity index (χ1v) is 8.54. The monoisotopic (exact) mass is 495 g/mol. The van der Waals surface area contributed by atoms with Crippen molar-refractivity contribution in [3.63, 3.8) is 0 Å². The normalized spacial score (nSPS) is 13.0. The van der Waals surface area contributed by atoms with Crippen molar-refractivity contribution in [2.24, 2.45) is 10.9 Å². The summed E-state index contributed by atoms with van der Waals surface area (Å²) >= 11 is 0. The Morgan fingerprint density at radius 1 is 1.26 bits per heavy atom. The molecule has 0 amide bonds. The second-order valence-electron chi connectivity index (χ2n) is 6.11. The average molecular weight is 495 g/mol. The van der Waals surface area contributed by atoms with Gasteiger partial charge in [0.2, 0.25) is 0 Å². The maximum Gasteiger partial charge on any atom is 0.416 e. The van der Waals surface area contributed by atoms with Crippen molar-refractivity contribution < 1.29 is 13.2 Å². The summed E-state index contributed by atoms with van der Waals surface area (Å²) in [5, 5.41) is 10.5. The number of rotatable bonds is 7. The van der Waals surface area contributed by atoms with Crippen molar-refractivity contribution in [3.8, 4) is 0 Å². The lowest BCUT2D eigenvalue weighted by Crippen LogP contribution is -2.40. The van der Waals surface area contributed by atoms with Crippen LogP contribution in [0.25, 0.3) is 0 Å². The lowest BCUT2D eigenvalue weighted by Gasteiger charge is -2.16. The highest BCUT2D eigenvalue weighted by molar-refractivity contribution is 14.0. The Morgan fingerprint density at radius 3 is 2.67 bits per heavy atom. The van der Waals surface area contributed by atoms with Gasteiger partial charge < -0.3 is 10.6 Å². The van der Waals surface area contributed by atoms with Crippen molar-refractivity contribution in [1.82, 2.24) is 20.4 Å². The van der Waals surface area contributed by atoms with E-state index in [1.54, 1.807) is 12.3 Å². The van der Waals surface area contributed by atoms with Crippen molar-refractivity contribution in [2.75, 3.05) is 13.1 Å². The van der Waals surface area contributed by atoms with Gasteiger partial charge in [0.05, 0.1) is 12.1 Å². The van der Waals surface area contributed by atoms with E-state index in [4.69, 9.17) is 0 Å². The van der Waals surface area contributed by atoms with Gasteiger partial charge in [0.1, 0.15) is 0 Å². The molecule has 0 fully saturated rings. The van der Waals surface area contributed by atoms with Crippen molar-refractivity contribution in [2.45, 2.75) is 33.1 Å². The molecule has 0 aliphatic carbocycles. The molecule has 1 unspecified atom stereocenters. The molecule has 2 aromatic rings. The van der Waals surface area contributed by atoms with E-state index in [1.165, 1.54) is 6.07 Å². The van der Waals surface area contributed by atoms with Crippen LogP contribution in [0.4, 0.5) is 13.2 Å². The maximum absolute atomic E-state index is 12.8. The van der Waals surface area contributed by atoms with Gasteiger partial charge >= 0.3 is 6.18 Å². The zero-order valence-corrected chi connectivity index (χ0v) is 17.7. The van der Waals surface area contributed by atoms with Gasteiger partial charge in [-0.25, -0.2) is 4.99 Å². The minimum atomic E-state index is -4.34. The van der Waals surface area contributed by atoms with E-state index >= 15 is 0 Å². The van der Waals surface area contributed by atoms with Crippen LogP contribution in [0.5, 0.6) is 0 Å². The third-order valence-electron chi connectivity index (χ3n) is 3.69. The van der Waals surface area contributed by atoms with Gasteiger partial charge in [-0.15, -0.1) is 24.0 Å². The van der Waals surface area contributed by atoms with Crippen molar-refractivity contribution in [3.05, 3.63) is 53.9 Å². The first-order chi connectivity index (χ1) is 12.4. The molecule has 0 saturated heterocycles. The highest BCUT2D eigenvalue weighted by Gasteiger charge is 2.30. The summed E-state index contributed by atoms with van der Waals surface area (Å²) in [5.74, 6) is 0.893. The number of aliphatic imine (C=N–C) groups is 1. The molecule has 2 rings (SSSR count). The lowest BCUT2D eigenvalue weighted by atomic mass is 10.1. The summed E-state index contributed by atoms with van der Waals surface area (Å²) in [6.45, 7) is 6.32. The summed E-state index contributed by atoms with van der Waals surface area (Å²) in [4.78, 5) is 4.38. The molecule has 1 heterocycles. The molecule has 5 nitrogen and oxygen atoms in total. The van der Waals surface area contributed by atoms with Gasteiger partial charge in [-0.3, -0.25) is 4.68 Å². The van der Waals surface area contributed by atoms with Crippen LogP contribution in [0.3, 0.4) is 0 Å². The molecule has 0 aliphatic rings. The quantitative estimate of drug-likeness (QED) is 0.348. The number of nitrogens with zero attached hydrogens (tertiary/aromatic N) is 3. The molecular formula is C18H25F3IN5. The molecule has 0 bridgehead atoms. The Labute approximate surface area is 174 Å². The van der Waals surface area contributed by atoms with E-state index in [-0.39, 0.29) is 30.5 Å². The molecule has 0 radical (unpaired) electrons. The van der Waals surface area contributed by atoms with Gasteiger partial charge in [-0.05, 0) is 36.6 Å². The Hall–Kier alpha value is -1.78. The van der Waals surface area contributed by atoms with Crippen LogP contribution in [-0.2, 0) is 19.3 Å². The van der Waals surface area contributed by atoms with Gasteiger partial charge in [-0.1, -0.05) is 19.1 Å². The van der Waals surface area contributed by atoms with E-state index in [0.29, 0.717) is 30.5 Å². The zero-order chi connectivity index (χ0) is 19.0. The van der Waals surface area contributed by atoms with E-state index in [2.05, 4.69) is 27.6 Å². The first-order valence-electron chi connectivity index (χ1n) is 8.54. The Balaban J connectivity index is 0.00000364. The molecule has 150 valence electrons. The molecule has 9 heteroatoms. The molecule has 1 aromatic carbocycles. The molecule has 27 heavy (non-hydrogen) atoms. The van der Waals surface area contributed by atoms with Crippen LogP contribution in [0.15, 0.2) is 47.7 Å². The van der Waals surface area contributed by atoms with Gasteiger partial charge in [0.15, 0.2) is 5.96 Å². The zero-order valence-electron chi connectivity index (χ0n) is 15.3. The average Bonchev–Trinajstić information content (AvgIpc) is 3.10. The smallest absolute Gasteiger partial charge is 0.357 e. The number of hydrogen-bond donors (Lipinski definition) is 2. The second-order valence-corrected chi connectivity index (χ2v) is 6.11. The molecule has 0 spiro atoms. The number of benzene rings is 1. The highest BCUT2D eigenvalue weighted by Crippen LogP contribution is 2.29. The molecule has 2 N–H and O–H groups in total. The molecule has 1 atom stereocenters. The summed E-state index contributed by atoms with van der Waals surface area (Å²) in [5.41, 5.74) is -0.141. The summed E-state index contributed by atoms with van der Waals surface area (Å²) in [7, 11) is 0. The molecule has 1 aromatic heterocycles. The number of alkyl halides is 3. The largest absolute Gasteiger partial charge is 0.416 e. The van der Waals surface area contributed by atoms with E-state index in [0.717, 1.165) is 18.7 Å². The van der Waals surface area contributed by atoms with Crippen molar-refractivity contribution in [1.29, 1.82) is 0 Å². The van der Waals surface area contributed by atoms with Crippen molar-refractivity contribution >= 4 is 29.9 Å². The number of guanidine groups is 1. The van der Waals surface area contributed by atoms with E-state index < -0.39 is 11.7 Å². The predicted octanol–water partition coefficient (Wildman–Crippen LogP) is 3.91. The molecule has 0 saturated carbocycles. The van der Waals surface area contributed by atoms with Gasteiger partial charge in [0.25, 0.3) is 0 Å². The summed E-state index contributed by atoms with van der Waals surface area (Å²) < 4.78 is 40.2. The predicted molar refractivity (Wildman–Crippen MR) is 111 cm³/mol. The number of nitrogens with one attached hydrogen (secondary N) is 2. The third kappa shape index (κ3) is 8.19. The highest BCUT2D eigenvalue weighted by atomic mass is 127. The number of hydrogen-bond acceptors (Lipinski definition) is 2. The van der Waals surface area contributed by atoms with Crippen LogP contribution in [0.1, 0.15) is 25.0 Å². The fraction of sp³-hybridized carbons (Fsp3) is 0.444. The lowest BCUT2D eigenvalue weighted by molar-refractivity contribution is -0.137. The van der Waals surface area contributed by atoms with Crippen LogP contribution in [0, 0.1) is 5.92 Å². The number of aromatic nitrogens is 2. The van der Waals surface area contributed by atoms with Crippen LogP contribution >= 0.6 is 24.0 Å². The SMILES string of the molecule is CCNC(=NCc1cccc(C(F)(F)F)c1)NCC(C)Cn1cccn1.I. The summed E-state index contributed by atoms with van der Waals surface area (Å²) in [6, 6.07) is 7.12. The van der Waals surface area contributed by atoms with Crippen LogP contribution < -0.4 is 10.6 Å². The number of halogens is 4. The second kappa shape index (κ2) is 11.2. The summed E-state index contributed by atoms with van der Waals surface area (Å²) in [6.07, 6.45) is -0.700. The minimum Gasteiger partial charge on any atom is -0.357 e. The van der Waals surface area contributed by atoms with Crippen LogP contribution in [0.2, 0.25) is 0 Å². The first kappa shape index (κ1) is 23.3. The maximum atomic E-state index is 12.8.